The Morgan fingerprint density at radius 2 is 2.05 bits per heavy atom. The number of aromatic nitrogens is 1. The summed E-state index contributed by atoms with van der Waals surface area (Å²) in [7, 11) is 2.17. The highest BCUT2D eigenvalue weighted by Crippen LogP contribution is 2.32. The van der Waals surface area contributed by atoms with Crippen LogP contribution < -0.4 is 10.6 Å². The van der Waals surface area contributed by atoms with Crippen LogP contribution in [0.1, 0.15) is 19.8 Å². The highest BCUT2D eigenvalue weighted by atomic mass is 15.2. The van der Waals surface area contributed by atoms with Crippen molar-refractivity contribution in [2.45, 2.75) is 25.8 Å². The largest absolute Gasteiger partial charge is 0.396 e. The fourth-order valence-corrected chi connectivity index (χ4v) is 3.29. The van der Waals surface area contributed by atoms with Gasteiger partial charge in [0.15, 0.2) is 0 Å². The molecule has 1 fully saturated rings. The van der Waals surface area contributed by atoms with E-state index in [0.717, 1.165) is 28.8 Å². The summed E-state index contributed by atoms with van der Waals surface area (Å²) in [5, 5.41) is 1.05. The van der Waals surface area contributed by atoms with Crippen LogP contribution in [-0.2, 0) is 0 Å². The number of nitrogen functional groups attached to an aromatic ring is 1. The maximum Gasteiger partial charge on any atom is 0.0724 e. The average molecular weight is 284 g/mol. The Bertz CT molecular complexity index is 617. The van der Waals surface area contributed by atoms with Crippen LogP contribution in [0.25, 0.3) is 10.9 Å². The first-order chi connectivity index (χ1) is 10.2. The lowest BCUT2D eigenvalue weighted by atomic mass is 10.0. The number of anilines is 2. The van der Waals surface area contributed by atoms with Gasteiger partial charge in [-0.1, -0.05) is 6.92 Å². The zero-order valence-electron chi connectivity index (χ0n) is 12.9. The van der Waals surface area contributed by atoms with Crippen molar-refractivity contribution in [1.82, 2.24) is 9.88 Å². The van der Waals surface area contributed by atoms with Crippen LogP contribution in [0.5, 0.6) is 0 Å². The van der Waals surface area contributed by atoms with Gasteiger partial charge in [-0.2, -0.15) is 0 Å². The third kappa shape index (κ3) is 2.68. The Morgan fingerprint density at radius 1 is 1.29 bits per heavy atom. The number of likely N-dealkylation sites (tertiary alicyclic amines) is 1. The maximum absolute atomic E-state index is 6.39. The van der Waals surface area contributed by atoms with Crippen molar-refractivity contribution >= 4 is 22.3 Å². The van der Waals surface area contributed by atoms with Gasteiger partial charge in [0.2, 0.25) is 0 Å². The molecule has 0 unspecified atom stereocenters. The number of hydrogen-bond acceptors (Lipinski definition) is 4. The van der Waals surface area contributed by atoms with Crippen molar-refractivity contribution in [2.24, 2.45) is 0 Å². The molecule has 1 aromatic carbocycles. The fraction of sp³-hybridized carbons (Fsp3) is 0.471. The summed E-state index contributed by atoms with van der Waals surface area (Å²) in [4.78, 5) is 9.24. The van der Waals surface area contributed by atoms with Crippen LogP contribution in [0.4, 0.5) is 11.4 Å². The second kappa shape index (κ2) is 5.90. The van der Waals surface area contributed by atoms with Gasteiger partial charge in [-0.25, -0.2) is 0 Å². The molecule has 112 valence electrons. The molecule has 0 aliphatic carbocycles. The number of nitrogens with two attached hydrogens (primary N) is 1. The number of rotatable bonds is 3. The van der Waals surface area contributed by atoms with Gasteiger partial charge in [-0.15, -0.1) is 0 Å². The third-order valence-corrected chi connectivity index (χ3v) is 4.74. The number of pyridine rings is 1. The van der Waals surface area contributed by atoms with Crippen LogP contribution in [0.15, 0.2) is 30.5 Å². The first kappa shape index (κ1) is 14.1. The van der Waals surface area contributed by atoms with Crippen molar-refractivity contribution in [3.8, 4) is 0 Å². The molecule has 0 saturated carbocycles. The number of benzene rings is 1. The highest BCUT2D eigenvalue weighted by molar-refractivity contribution is 5.97. The smallest absolute Gasteiger partial charge is 0.0724 e. The predicted octanol–water partition coefficient (Wildman–Crippen LogP) is 2.74. The number of fused-ring (bicyclic) bond motifs is 1. The van der Waals surface area contributed by atoms with Gasteiger partial charge in [0, 0.05) is 37.8 Å². The first-order valence-electron chi connectivity index (χ1n) is 7.79. The highest BCUT2D eigenvalue weighted by Gasteiger charge is 2.23. The molecule has 1 saturated heterocycles. The third-order valence-electron chi connectivity index (χ3n) is 4.74. The molecule has 1 aliphatic rings. The van der Waals surface area contributed by atoms with Crippen LogP contribution in [0, 0.1) is 0 Å². The molecule has 1 aliphatic heterocycles. The Hall–Kier alpha value is -1.81. The topological polar surface area (TPSA) is 45.4 Å². The monoisotopic (exact) mass is 284 g/mol. The standard InChI is InChI=1S/C17H24N4/c1-3-21-11-8-13(9-12-21)20(2)16-7-6-15-14(17(16)18)5-4-10-19-15/h4-7,10,13H,3,8-9,11-12,18H2,1-2H3. The molecule has 3 rings (SSSR count). The molecular weight excluding hydrogens is 260 g/mol. The predicted molar refractivity (Wildman–Crippen MR) is 89.7 cm³/mol. The van der Waals surface area contributed by atoms with Crippen LogP contribution in [0.3, 0.4) is 0 Å². The molecule has 21 heavy (non-hydrogen) atoms. The summed E-state index contributed by atoms with van der Waals surface area (Å²) in [6.07, 6.45) is 4.22. The van der Waals surface area contributed by atoms with E-state index >= 15 is 0 Å². The number of piperidine rings is 1. The van der Waals surface area contributed by atoms with Gasteiger partial charge in [0.1, 0.15) is 0 Å². The summed E-state index contributed by atoms with van der Waals surface area (Å²) >= 11 is 0. The maximum atomic E-state index is 6.39. The van der Waals surface area contributed by atoms with Crippen molar-refractivity contribution in [2.75, 3.05) is 37.3 Å². The van der Waals surface area contributed by atoms with Crippen molar-refractivity contribution < 1.29 is 0 Å². The van der Waals surface area contributed by atoms with E-state index in [9.17, 15) is 0 Å². The van der Waals surface area contributed by atoms with Gasteiger partial charge in [0.05, 0.1) is 16.9 Å². The fourth-order valence-electron chi connectivity index (χ4n) is 3.29. The molecule has 4 heteroatoms. The summed E-state index contributed by atoms with van der Waals surface area (Å²) in [5.74, 6) is 0. The van der Waals surface area contributed by atoms with Crippen LogP contribution in [-0.4, -0.2) is 42.6 Å². The molecule has 1 aromatic heterocycles. The Morgan fingerprint density at radius 3 is 2.76 bits per heavy atom. The number of hydrogen-bond donors (Lipinski definition) is 1. The van der Waals surface area contributed by atoms with Gasteiger partial charge in [-0.05, 0) is 43.7 Å². The quantitative estimate of drug-likeness (QED) is 0.880. The molecule has 4 nitrogen and oxygen atoms in total. The van der Waals surface area contributed by atoms with Crippen molar-refractivity contribution in [1.29, 1.82) is 0 Å². The summed E-state index contributed by atoms with van der Waals surface area (Å²) < 4.78 is 0. The molecule has 2 heterocycles. The summed E-state index contributed by atoms with van der Waals surface area (Å²) in [6, 6.07) is 8.75. The molecular formula is C17H24N4. The Balaban J connectivity index is 1.85. The van der Waals surface area contributed by atoms with E-state index in [1.54, 1.807) is 0 Å². The molecule has 2 aromatic rings. The normalized spacial score (nSPS) is 17.2. The minimum absolute atomic E-state index is 0.573. The second-order valence-electron chi connectivity index (χ2n) is 5.84. The SMILES string of the molecule is CCN1CCC(N(C)c2ccc3ncccc3c2N)CC1. The van der Waals surface area contributed by atoms with Crippen LogP contribution in [0.2, 0.25) is 0 Å². The minimum Gasteiger partial charge on any atom is -0.396 e. The van der Waals surface area contributed by atoms with Crippen molar-refractivity contribution in [3.05, 3.63) is 30.5 Å². The summed E-state index contributed by atoms with van der Waals surface area (Å²) in [5.41, 5.74) is 9.33. The molecule has 2 N–H and O–H groups in total. The van der Waals surface area contributed by atoms with E-state index in [1.165, 1.54) is 25.9 Å². The van der Waals surface area contributed by atoms with Gasteiger partial charge in [0.25, 0.3) is 0 Å². The van der Waals surface area contributed by atoms with Crippen LogP contribution >= 0.6 is 0 Å². The van der Waals surface area contributed by atoms with E-state index in [-0.39, 0.29) is 0 Å². The Kier molecular flexibility index (Phi) is 3.97. The zero-order valence-corrected chi connectivity index (χ0v) is 12.9. The van der Waals surface area contributed by atoms with Gasteiger partial charge in [-0.3, -0.25) is 4.98 Å². The molecule has 0 spiro atoms. The van der Waals surface area contributed by atoms with Gasteiger partial charge < -0.3 is 15.5 Å². The van der Waals surface area contributed by atoms with E-state index < -0.39 is 0 Å². The summed E-state index contributed by atoms with van der Waals surface area (Å²) in [6.45, 7) is 5.75. The van der Waals surface area contributed by atoms with E-state index in [1.807, 2.05) is 12.3 Å². The Labute approximate surface area is 126 Å². The van der Waals surface area contributed by atoms with E-state index in [0.29, 0.717) is 6.04 Å². The van der Waals surface area contributed by atoms with E-state index in [2.05, 4.69) is 47.0 Å². The minimum atomic E-state index is 0.573. The molecule has 0 bridgehead atoms. The van der Waals surface area contributed by atoms with Gasteiger partial charge >= 0.3 is 0 Å². The molecule has 0 amide bonds. The lowest BCUT2D eigenvalue weighted by molar-refractivity contribution is 0.221. The van der Waals surface area contributed by atoms with Crippen molar-refractivity contribution in [3.63, 3.8) is 0 Å². The lowest BCUT2D eigenvalue weighted by Gasteiger charge is -2.38. The lowest BCUT2D eigenvalue weighted by Crippen LogP contribution is -2.43. The first-order valence-corrected chi connectivity index (χ1v) is 7.79. The molecule has 0 atom stereocenters. The molecule has 0 radical (unpaired) electrons. The van der Waals surface area contributed by atoms with E-state index in [4.69, 9.17) is 5.73 Å². The average Bonchev–Trinajstić information content (AvgIpc) is 2.55. The number of nitrogens with zero attached hydrogens (tertiary/aromatic N) is 3. The zero-order chi connectivity index (χ0) is 14.8. The second-order valence-corrected chi connectivity index (χ2v) is 5.84.